The van der Waals surface area contributed by atoms with Gasteiger partial charge in [0, 0.05) is 0 Å². The summed E-state index contributed by atoms with van der Waals surface area (Å²) >= 11 is 5.92. The number of hydrogen-bond donors (Lipinski definition) is 2. The van der Waals surface area contributed by atoms with E-state index >= 15 is 0 Å². The van der Waals surface area contributed by atoms with Gasteiger partial charge in [0.1, 0.15) is 0 Å². The van der Waals surface area contributed by atoms with Crippen molar-refractivity contribution in [2.75, 3.05) is 6.54 Å². The first kappa shape index (κ1) is 11.8. The fourth-order valence-corrected chi connectivity index (χ4v) is 1.42. The van der Waals surface area contributed by atoms with Crippen molar-refractivity contribution in [1.29, 1.82) is 0 Å². The second kappa shape index (κ2) is 5.53. The molecule has 3 N–H and O–H groups in total. The molecule has 0 saturated carbocycles. The van der Waals surface area contributed by atoms with Crippen LogP contribution in [-0.4, -0.2) is 17.6 Å². The molecule has 0 radical (unpaired) electrons. The van der Waals surface area contributed by atoms with Gasteiger partial charge in [0.15, 0.2) is 0 Å². The van der Waals surface area contributed by atoms with Gasteiger partial charge in [-0.25, -0.2) is 4.79 Å². The second-order valence-corrected chi connectivity index (χ2v) is 3.37. The van der Waals surface area contributed by atoms with Crippen LogP contribution in [0.15, 0.2) is 24.3 Å². The number of hydrogen-bond acceptors (Lipinski definition) is 2. The predicted molar refractivity (Wildman–Crippen MR) is 61.1 cm³/mol. The highest BCUT2D eigenvalue weighted by molar-refractivity contribution is 6.34. The third kappa shape index (κ3) is 3.08. The van der Waals surface area contributed by atoms with Crippen LogP contribution < -0.4 is 5.73 Å². The molecule has 0 spiro atoms. The molecule has 0 heterocycles. The summed E-state index contributed by atoms with van der Waals surface area (Å²) in [6.07, 6.45) is 4.39. The van der Waals surface area contributed by atoms with Crippen molar-refractivity contribution in [1.82, 2.24) is 0 Å². The molecule has 3 nitrogen and oxygen atoms in total. The number of carbonyl (C=O) groups is 1. The van der Waals surface area contributed by atoms with E-state index in [1.807, 2.05) is 6.08 Å². The molecule has 1 aromatic carbocycles. The van der Waals surface area contributed by atoms with Gasteiger partial charge in [-0.05, 0) is 24.6 Å². The summed E-state index contributed by atoms with van der Waals surface area (Å²) in [5.74, 6) is -1.02. The van der Waals surface area contributed by atoms with Gasteiger partial charge in [-0.1, -0.05) is 35.9 Å². The van der Waals surface area contributed by atoms with Gasteiger partial charge in [-0.2, -0.15) is 0 Å². The van der Waals surface area contributed by atoms with Crippen LogP contribution in [0.4, 0.5) is 0 Å². The Morgan fingerprint density at radius 3 is 2.87 bits per heavy atom. The molecule has 80 valence electrons. The largest absolute Gasteiger partial charge is 0.478 e. The Balaban J connectivity index is 2.99. The average molecular weight is 226 g/mol. The predicted octanol–water partition coefficient (Wildman–Crippen LogP) is 2.40. The highest BCUT2D eigenvalue weighted by Crippen LogP contribution is 2.22. The van der Waals surface area contributed by atoms with Gasteiger partial charge in [0.25, 0.3) is 0 Å². The number of benzene rings is 1. The third-order valence-corrected chi connectivity index (χ3v) is 2.31. The van der Waals surface area contributed by atoms with Crippen molar-refractivity contribution in [2.24, 2.45) is 5.73 Å². The van der Waals surface area contributed by atoms with Gasteiger partial charge in [-0.3, -0.25) is 0 Å². The normalized spacial score (nSPS) is 10.8. The first-order valence-corrected chi connectivity index (χ1v) is 4.93. The lowest BCUT2D eigenvalue weighted by Crippen LogP contribution is -1.98. The zero-order chi connectivity index (χ0) is 11.3. The zero-order valence-corrected chi connectivity index (χ0v) is 8.87. The van der Waals surface area contributed by atoms with Crippen LogP contribution in [0.3, 0.4) is 0 Å². The molecule has 0 aliphatic carbocycles. The molecule has 0 amide bonds. The molecule has 1 aromatic rings. The Bertz CT molecular complexity index is 388. The highest BCUT2D eigenvalue weighted by atomic mass is 35.5. The van der Waals surface area contributed by atoms with E-state index in [1.165, 1.54) is 6.07 Å². The lowest BCUT2D eigenvalue weighted by Gasteiger charge is -2.02. The number of halogens is 1. The summed E-state index contributed by atoms with van der Waals surface area (Å²) in [6, 6.07) is 4.91. The van der Waals surface area contributed by atoms with E-state index in [0.29, 0.717) is 12.1 Å². The molecule has 0 aromatic heterocycles. The van der Waals surface area contributed by atoms with E-state index in [0.717, 1.165) is 6.42 Å². The lowest BCUT2D eigenvalue weighted by molar-refractivity contribution is 0.0697. The van der Waals surface area contributed by atoms with E-state index in [9.17, 15) is 4.79 Å². The lowest BCUT2D eigenvalue weighted by atomic mass is 10.1. The van der Waals surface area contributed by atoms with E-state index in [1.54, 1.807) is 18.2 Å². The molecule has 0 saturated heterocycles. The fourth-order valence-electron chi connectivity index (χ4n) is 1.15. The summed E-state index contributed by atoms with van der Waals surface area (Å²) in [5.41, 5.74) is 6.15. The van der Waals surface area contributed by atoms with E-state index < -0.39 is 5.97 Å². The molecular weight excluding hydrogens is 214 g/mol. The van der Waals surface area contributed by atoms with Crippen LogP contribution in [0, 0.1) is 0 Å². The maximum atomic E-state index is 10.8. The summed E-state index contributed by atoms with van der Waals surface area (Å²) in [4.78, 5) is 10.8. The smallest absolute Gasteiger partial charge is 0.337 e. The molecule has 0 aliphatic heterocycles. The van der Waals surface area contributed by atoms with Crippen LogP contribution in [0.1, 0.15) is 22.3 Å². The molecule has 0 aliphatic rings. The molecule has 0 atom stereocenters. The Morgan fingerprint density at radius 1 is 1.53 bits per heavy atom. The van der Waals surface area contributed by atoms with Gasteiger partial charge >= 0.3 is 5.97 Å². The van der Waals surface area contributed by atoms with Crippen LogP contribution in [0.2, 0.25) is 5.02 Å². The number of nitrogens with two attached hydrogens (primary N) is 1. The minimum atomic E-state index is -1.02. The van der Waals surface area contributed by atoms with Crippen molar-refractivity contribution in [3.8, 4) is 0 Å². The topological polar surface area (TPSA) is 63.3 Å². The average Bonchev–Trinajstić information content (AvgIpc) is 2.20. The Morgan fingerprint density at radius 2 is 2.27 bits per heavy atom. The van der Waals surface area contributed by atoms with Crippen molar-refractivity contribution < 1.29 is 9.90 Å². The van der Waals surface area contributed by atoms with Crippen molar-refractivity contribution >= 4 is 23.6 Å². The Kier molecular flexibility index (Phi) is 4.34. The van der Waals surface area contributed by atoms with Crippen molar-refractivity contribution in [2.45, 2.75) is 6.42 Å². The summed E-state index contributed by atoms with van der Waals surface area (Å²) in [7, 11) is 0. The van der Waals surface area contributed by atoms with Crippen LogP contribution in [0.5, 0.6) is 0 Å². The molecule has 4 heteroatoms. The summed E-state index contributed by atoms with van der Waals surface area (Å²) in [5, 5.41) is 9.10. The first-order chi connectivity index (χ1) is 7.16. The minimum Gasteiger partial charge on any atom is -0.478 e. The van der Waals surface area contributed by atoms with Gasteiger partial charge < -0.3 is 10.8 Å². The van der Waals surface area contributed by atoms with Crippen LogP contribution >= 0.6 is 11.6 Å². The molecular formula is C11H12ClNO2. The van der Waals surface area contributed by atoms with Crippen LogP contribution in [0.25, 0.3) is 6.08 Å². The van der Waals surface area contributed by atoms with Crippen molar-refractivity contribution in [3.05, 3.63) is 40.4 Å². The maximum Gasteiger partial charge on any atom is 0.337 e. The molecule has 0 unspecified atom stereocenters. The van der Waals surface area contributed by atoms with E-state index in [4.69, 9.17) is 22.4 Å². The number of aromatic carboxylic acids is 1. The van der Waals surface area contributed by atoms with E-state index in [2.05, 4.69) is 0 Å². The Hall–Kier alpha value is -1.32. The molecule has 0 fully saturated rings. The number of carboxylic acid groups (broad SMARTS) is 1. The molecule has 15 heavy (non-hydrogen) atoms. The summed E-state index contributed by atoms with van der Waals surface area (Å²) in [6.45, 7) is 0.562. The SMILES string of the molecule is NCCC=Cc1cccc(C(=O)O)c1Cl. The van der Waals surface area contributed by atoms with E-state index in [-0.39, 0.29) is 10.6 Å². The van der Waals surface area contributed by atoms with Gasteiger partial charge in [0.05, 0.1) is 10.6 Å². The Labute approximate surface area is 93.2 Å². The quantitative estimate of drug-likeness (QED) is 0.827. The second-order valence-electron chi connectivity index (χ2n) is 2.99. The monoisotopic (exact) mass is 225 g/mol. The fraction of sp³-hybridized carbons (Fsp3) is 0.182. The standard InChI is InChI=1S/C11H12ClNO2/c12-10-8(4-1-2-7-13)5-3-6-9(10)11(14)15/h1,3-6H,2,7,13H2,(H,14,15). The zero-order valence-electron chi connectivity index (χ0n) is 8.11. The highest BCUT2D eigenvalue weighted by Gasteiger charge is 2.09. The molecule has 1 rings (SSSR count). The third-order valence-electron chi connectivity index (χ3n) is 1.89. The molecule has 0 bridgehead atoms. The van der Waals surface area contributed by atoms with Gasteiger partial charge in [-0.15, -0.1) is 0 Å². The number of rotatable bonds is 4. The van der Waals surface area contributed by atoms with Crippen LogP contribution in [-0.2, 0) is 0 Å². The van der Waals surface area contributed by atoms with Crippen molar-refractivity contribution in [3.63, 3.8) is 0 Å². The summed E-state index contributed by atoms with van der Waals surface area (Å²) < 4.78 is 0. The maximum absolute atomic E-state index is 10.8. The first-order valence-electron chi connectivity index (χ1n) is 4.55. The minimum absolute atomic E-state index is 0.117. The van der Waals surface area contributed by atoms with Gasteiger partial charge in [0.2, 0.25) is 0 Å². The number of carboxylic acids is 1.